The summed E-state index contributed by atoms with van der Waals surface area (Å²) >= 11 is 9.57. The molecule has 1 fully saturated rings. The molecule has 104 valence electrons. The van der Waals surface area contributed by atoms with E-state index in [0.717, 1.165) is 22.9 Å². The molecule has 1 aliphatic carbocycles. The van der Waals surface area contributed by atoms with Crippen LogP contribution < -0.4 is 5.32 Å². The molecule has 1 saturated carbocycles. The summed E-state index contributed by atoms with van der Waals surface area (Å²) in [6.07, 6.45) is 4.67. The smallest absolute Gasteiger partial charge is 0.252 e. The lowest BCUT2D eigenvalue weighted by atomic mass is 9.88. The van der Waals surface area contributed by atoms with E-state index in [-0.39, 0.29) is 11.3 Å². The summed E-state index contributed by atoms with van der Waals surface area (Å²) < 4.78 is 0.874. The minimum absolute atomic E-state index is 0.0213. The van der Waals surface area contributed by atoms with Gasteiger partial charge >= 0.3 is 0 Å². The van der Waals surface area contributed by atoms with E-state index in [1.54, 1.807) is 0 Å². The van der Waals surface area contributed by atoms with Crippen molar-refractivity contribution in [1.29, 1.82) is 0 Å². The fourth-order valence-electron chi connectivity index (χ4n) is 2.67. The van der Waals surface area contributed by atoms with Crippen LogP contribution in [-0.2, 0) is 0 Å². The lowest BCUT2D eigenvalue weighted by molar-refractivity contribution is 0.0934. The Bertz CT molecular complexity index is 469. The molecule has 0 saturated heterocycles. The monoisotopic (exact) mass is 343 g/mol. The number of carbonyl (C=O) groups excluding carboxylic acids is 1. The molecule has 1 N–H and O–H groups in total. The lowest BCUT2D eigenvalue weighted by Crippen LogP contribution is -2.37. The molecule has 0 bridgehead atoms. The van der Waals surface area contributed by atoms with Gasteiger partial charge in [-0.3, -0.25) is 4.79 Å². The number of hydrogen-bond donors (Lipinski definition) is 1. The van der Waals surface area contributed by atoms with Crippen molar-refractivity contribution in [2.75, 3.05) is 12.4 Å². The van der Waals surface area contributed by atoms with Crippen molar-refractivity contribution in [3.8, 4) is 0 Å². The van der Waals surface area contributed by atoms with Crippen LogP contribution in [-0.4, -0.2) is 18.3 Å². The third-order valence-corrected chi connectivity index (χ3v) is 5.63. The van der Waals surface area contributed by atoms with Gasteiger partial charge in [-0.25, -0.2) is 0 Å². The van der Waals surface area contributed by atoms with E-state index in [1.807, 2.05) is 25.1 Å². The molecular weight excluding hydrogens is 326 g/mol. The molecule has 2 rings (SSSR count). The predicted molar refractivity (Wildman–Crippen MR) is 82.8 cm³/mol. The van der Waals surface area contributed by atoms with E-state index < -0.39 is 0 Å². The minimum Gasteiger partial charge on any atom is -0.351 e. The minimum atomic E-state index is -0.0213. The Kier molecular flexibility index (Phi) is 4.91. The average Bonchev–Trinajstić information content (AvgIpc) is 2.89. The highest BCUT2D eigenvalue weighted by atomic mass is 79.9. The first-order chi connectivity index (χ1) is 9.08. The molecule has 1 amide bonds. The van der Waals surface area contributed by atoms with Crippen LogP contribution in [0.25, 0.3) is 0 Å². The van der Waals surface area contributed by atoms with Crippen LogP contribution in [0.15, 0.2) is 22.7 Å². The maximum Gasteiger partial charge on any atom is 0.252 e. The first kappa shape index (κ1) is 14.9. The van der Waals surface area contributed by atoms with Gasteiger partial charge in [0.2, 0.25) is 0 Å². The fourth-order valence-corrected chi connectivity index (χ4v) is 3.47. The first-order valence-electron chi connectivity index (χ1n) is 6.67. The van der Waals surface area contributed by atoms with Crippen molar-refractivity contribution in [1.82, 2.24) is 5.32 Å². The van der Waals surface area contributed by atoms with Gasteiger partial charge in [0, 0.05) is 22.3 Å². The van der Waals surface area contributed by atoms with Crippen LogP contribution in [0.1, 0.15) is 41.6 Å². The number of amides is 1. The summed E-state index contributed by atoms with van der Waals surface area (Å²) in [6, 6.07) is 5.73. The molecule has 19 heavy (non-hydrogen) atoms. The third-order valence-electron chi connectivity index (χ3n) is 4.01. The summed E-state index contributed by atoms with van der Waals surface area (Å²) in [4.78, 5) is 12.2. The highest BCUT2D eigenvalue weighted by molar-refractivity contribution is 9.10. The highest BCUT2D eigenvalue weighted by Crippen LogP contribution is 2.38. The normalized spacial score (nSPS) is 17.4. The quantitative estimate of drug-likeness (QED) is 0.811. The molecule has 0 heterocycles. The largest absolute Gasteiger partial charge is 0.351 e. The molecule has 0 aromatic heterocycles. The van der Waals surface area contributed by atoms with Gasteiger partial charge in [-0.15, -0.1) is 11.6 Å². The Balaban J connectivity index is 2.03. The van der Waals surface area contributed by atoms with E-state index in [4.69, 9.17) is 11.6 Å². The maximum atomic E-state index is 12.2. The topological polar surface area (TPSA) is 29.1 Å². The van der Waals surface area contributed by atoms with Crippen molar-refractivity contribution in [2.45, 2.75) is 32.6 Å². The Labute approximate surface area is 128 Å². The fraction of sp³-hybridized carbons (Fsp3) is 0.533. The summed E-state index contributed by atoms with van der Waals surface area (Å²) in [6.45, 7) is 2.66. The van der Waals surface area contributed by atoms with Crippen LogP contribution in [0, 0.1) is 12.3 Å². The number of rotatable bonds is 4. The lowest BCUT2D eigenvalue weighted by Gasteiger charge is -2.26. The number of halogens is 2. The van der Waals surface area contributed by atoms with Crippen molar-refractivity contribution < 1.29 is 4.79 Å². The van der Waals surface area contributed by atoms with E-state index in [2.05, 4.69) is 21.2 Å². The number of carbonyl (C=O) groups is 1. The summed E-state index contributed by atoms with van der Waals surface area (Å²) in [5.74, 6) is 0.606. The van der Waals surface area contributed by atoms with Gasteiger partial charge in [0.1, 0.15) is 0 Å². The number of benzene rings is 1. The van der Waals surface area contributed by atoms with E-state index >= 15 is 0 Å². The molecule has 1 aromatic carbocycles. The Morgan fingerprint density at radius 2 is 2.11 bits per heavy atom. The predicted octanol–water partition coefficient (Wildman–Crippen LogP) is 4.29. The summed E-state index contributed by atoms with van der Waals surface area (Å²) in [5, 5.41) is 3.05. The van der Waals surface area contributed by atoms with Crippen molar-refractivity contribution in [3.63, 3.8) is 0 Å². The van der Waals surface area contributed by atoms with Crippen LogP contribution in [0.3, 0.4) is 0 Å². The van der Waals surface area contributed by atoms with Gasteiger partial charge < -0.3 is 5.32 Å². The average molecular weight is 345 g/mol. The van der Waals surface area contributed by atoms with Gasteiger partial charge in [0.25, 0.3) is 5.91 Å². The zero-order valence-electron chi connectivity index (χ0n) is 11.1. The third kappa shape index (κ3) is 3.32. The Hall–Kier alpha value is -0.540. The zero-order valence-corrected chi connectivity index (χ0v) is 13.5. The van der Waals surface area contributed by atoms with Gasteiger partial charge in [0.15, 0.2) is 0 Å². The molecule has 0 aliphatic heterocycles. The van der Waals surface area contributed by atoms with Crippen molar-refractivity contribution >= 4 is 33.4 Å². The van der Waals surface area contributed by atoms with Crippen molar-refractivity contribution in [3.05, 3.63) is 33.8 Å². The Morgan fingerprint density at radius 3 is 2.74 bits per heavy atom. The molecule has 0 unspecified atom stereocenters. The summed E-state index contributed by atoms with van der Waals surface area (Å²) in [5.41, 5.74) is 1.87. The molecule has 0 radical (unpaired) electrons. The molecule has 0 atom stereocenters. The van der Waals surface area contributed by atoms with Crippen LogP contribution >= 0.6 is 27.5 Å². The summed E-state index contributed by atoms with van der Waals surface area (Å²) in [7, 11) is 0. The molecule has 1 aliphatic rings. The van der Waals surface area contributed by atoms with E-state index in [1.165, 1.54) is 12.8 Å². The Morgan fingerprint density at radius 1 is 1.42 bits per heavy atom. The van der Waals surface area contributed by atoms with Gasteiger partial charge in [-0.1, -0.05) is 25.0 Å². The molecular formula is C15H19BrClNO. The number of nitrogens with one attached hydrogen (secondary N) is 1. The van der Waals surface area contributed by atoms with Gasteiger partial charge in [-0.2, -0.15) is 0 Å². The van der Waals surface area contributed by atoms with Gasteiger partial charge in [0.05, 0.1) is 5.56 Å². The van der Waals surface area contributed by atoms with Crippen LogP contribution in [0.5, 0.6) is 0 Å². The van der Waals surface area contributed by atoms with Crippen LogP contribution in [0.2, 0.25) is 0 Å². The van der Waals surface area contributed by atoms with Crippen LogP contribution in [0.4, 0.5) is 0 Å². The second kappa shape index (κ2) is 6.27. The molecule has 1 aromatic rings. The van der Waals surface area contributed by atoms with E-state index in [0.29, 0.717) is 18.0 Å². The second-order valence-electron chi connectivity index (χ2n) is 5.46. The van der Waals surface area contributed by atoms with E-state index in [9.17, 15) is 4.79 Å². The first-order valence-corrected chi connectivity index (χ1v) is 8.00. The number of aryl methyl sites for hydroxylation is 1. The molecule has 2 nitrogen and oxygen atoms in total. The molecule has 4 heteroatoms. The SMILES string of the molecule is Cc1cccc(C(=O)NCC2(CCl)CCCC2)c1Br. The highest BCUT2D eigenvalue weighted by Gasteiger charge is 2.33. The number of hydrogen-bond acceptors (Lipinski definition) is 1. The van der Waals surface area contributed by atoms with Gasteiger partial charge in [-0.05, 0) is 47.3 Å². The second-order valence-corrected chi connectivity index (χ2v) is 6.52. The number of alkyl halides is 1. The van der Waals surface area contributed by atoms with Crippen molar-refractivity contribution in [2.24, 2.45) is 5.41 Å². The standard InChI is InChI=1S/C15H19BrClNO/c1-11-5-4-6-12(13(11)16)14(19)18-10-15(9-17)7-2-3-8-15/h4-6H,2-3,7-10H2,1H3,(H,18,19). The maximum absolute atomic E-state index is 12.2. The molecule has 0 spiro atoms. The zero-order chi connectivity index (χ0) is 13.9.